The Labute approximate surface area is 107 Å². The molecule has 1 aromatic carbocycles. The van der Waals surface area contributed by atoms with Crippen molar-refractivity contribution in [3.8, 4) is 5.75 Å². The maximum absolute atomic E-state index is 8.74. The molecule has 0 aromatic heterocycles. The molecule has 100 valence electrons. The van der Waals surface area contributed by atoms with E-state index in [0.29, 0.717) is 6.61 Å². The van der Waals surface area contributed by atoms with Crippen LogP contribution in [-0.4, -0.2) is 31.5 Å². The van der Waals surface area contributed by atoms with Crippen LogP contribution in [0.15, 0.2) is 24.3 Å². The van der Waals surface area contributed by atoms with Crippen LogP contribution in [0.3, 0.4) is 0 Å². The number of ether oxygens (including phenoxy) is 3. The van der Waals surface area contributed by atoms with Gasteiger partial charge in [0.2, 0.25) is 0 Å². The Hall–Kier alpha value is -1.10. The van der Waals surface area contributed by atoms with Crippen LogP contribution in [0, 0.1) is 0 Å². The van der Waals surface area contributed by atoms with Gasteiger partial charge in [-0.2, -0.15) is 0 Å². The molecule has 1 aromatic rings. The lowest BCUT2D eigenvalue weighted by Gasteiger charge is -2.12. The lowest BCUT2D eigenvalue weighted by Crippen LogP contribution is -2.09. The van der Waals surface area contributed by atoms with Crippen molar-refractivity contribution in [2.45, 2.75) is 31.7 Å². The van der Waals surface area contributed by atoms with Gasteiger partial charge in [0.05, 0.1) is 19.8 Å². The molecule has 0 radical (unpaired) electrons. The lowest BCUT2D eigenvalue weighted by atomic mass is 10.2. The molecule has 1 aliphatic heterocycles. The molecule has 2 atom stereocenters. The Morgan fingerprint density at radius 1 is 1.28 bits per heavy atom. The number of aliphatic hydroxyl groups excluding tert-OH is 1. The van der Waals surface area contributed by atoms with E-state index >= 15 is 0 Å². The van der Waals surface area contributed by atoms with Gasteiger partial charge in [0.25, 0.3) is 0 Å². The second-order valence-corrected chi connectivity index (χ2v) is 4.42. The summed E-state index contributed by atoms with van der Waals surface area (Å²) in [7, 11) is 1.65. The molecule has 0 saturated carbocycles. The molecule has 0 unspecified atom stereocenters. The van der Waals surface area contributed by atoms with E-state index in [1.807, 2.05) is 24.3 Å². The van der Waals surface area contributed by atoms with Crippen LogP contribution in [0.25, 0.3) is 0 Å². The topological polar surface area (TPSA) is 47.9 Å². The highest BCUT2D eigenvalue weighted by Crippen LogP contribution is 2.29. The maximum Gasteiger partial charge on any atom is 0.184 e. The van der Waals surface area contributed by atoms with Gasteiger partial charge in [0, 0.05) is 12.2 Å². The highest BCUT2D eigenvalue weighted by atomic mass is 16.7. The van der Waals surface area contributed by atoms with Crippen molar-refractivity contribution in [1.29, 1.82) is 0 Å². The number of aliphatic hydroxyl groups is 1. The molecule has 1 heterocycles. The monoisotopic (exact) mass is 252 g/mol. The standard InChI is InChI=1S/C14H20O4/c1-16-12-7-5-11(6-8-12)14-17-10-13(18-14)4-2-3-9-15/h5-8,13-15H,2-4,9-10H2,1H3/t13-,14-/m1/s1. The van der Waals surface area contributed by atoms with E-state index in [9.17, 15) is 0 Å². The van der Waals surface area contributed by atoms with Crippen LogP contribution in [0.5, 0.6) is 5.75 Å². The van der Waals surface area contributed by atoms with Crippen molar-refractivity contribution in [3.05, 3.63) is 29.8 Å². The zero-order valence-corrected chi connectivity index (χ0v) is 10.7. The van der Waals surface area contributed by atoms with Gasteiger partial charge >= 0.3 is 0 Å². The van der Waals surface area contributed by atoms with Gasteiger partial charge in [-0.05, 0) is 31.4 Å². The van der Waals surface area contributed by atoms with Gasteiger partial charge in [0.1, 0.15) is 5.75 Å². The third-order valence-electron chi connectivity index (χ3n) is 3.07. The fourth-order valence-corrected chi connectivity index (χ4v) is 2.02. The first-order valence-electron chi connectivity index (χ1n) is 6.35. The summed E-state index contributed by atoms with van der Waals surface area (Å²) < 4.78 is 16.6. The summed E-state index contributed by atoms with van der Waals surface area (Å²) in [5.74, 6) is 0.830. The van der Waals surface area contributed by atoms with Crippen molar-refractivity contribution in [3.63, 3.8) is 0 Å². The first kappa shape index (κ1) is 13.3. The van der Waals surface area contributed by atoms with Gasteiger partial charge in [-0.15, -0.1) is 0 Å². The average molecular weight is 252 g/mol. The molecular formula is C14H20O4. The highest BCUT2D eigenvalue weighted by molar-refractivity contribution is 5.28. The number of benzene rings is 1. The Morgan fingerprint density at radius 3 is 2.72 bits per heavy atom. The summed E-state index contributed by atoms with van der Waals surface area (Å²) in [4.78, 5) is 0. The Bertz CT molecular complexity index is 349. The molecule has 18 heavy (non-hydrogen) atoms. The van der Waals surface area contributed by atoms with Crippen molar-refractivity contribution < 1.29 is 19.3 Å². The number of hydrogen-bond donors (Lipinski definition) is 1. The normalized spacial score (nSPS) is 23.2. The zero-order valence-electron chi connectivity index (χ0n) is 10.7. The minimum atomic E-state index is -0.268. The van der Waals surface area contributed by atoms with Gasteiger partial charge in [-0.1, -0.05) is 12.1 Å². The highest BCUT2D eigenvalue weighted by Gasteiger charge is 2.26. The summed E-state index contributed by atoms with van der Waals surface area (Å²) in [6.45, 7) is 0.873. The molecule has 4 heteroatoms. The average Bonchev–Trinajstić information content (AvgIpc) is 2.88. The van der Waals surface area contributed by atoms with E-state index in [0.717, 1.165) is 30.6 Å². The molecule has 1 saturated heterocycles. The molecule has 0 bridgehead atoms. The quantitative estimate of drug-likeness (QED) is 0.789. The smallest absolute Gasteiger partial charge is 0.184 e. The second-order valence-electron chi connectivity index (χ2n) is 4.42. The third-order valence-corrected chi connectivity index (χ3v) is 3.07. The van der Waals surface area contributed by atoms with E-state index < -0.39 is 0 Å². The SMILES string of the molecule is COc1ccc([C@@H]2OC[C@@H](CCCCO)O2)cc1. The summed E-state index contributed by atoms with van der Waals surface area (Å²) in [5, 5.41) is 8.74. The summed E-state index contributed by atoms with van der Waals surface area (Å²) >= 11 is 0. The van der Waals surface area contributed by atoms with E-state index in [1.165, 1.54) is 0 Å². The molecule has 1 N–H and O–H groups in total. The summed E-state index contributed by atoms with van der Waals surface area (Å²) in [6, 6.07) is 7.72. The maximum atomic E-state index is 8.74. The van der Waals surface area contributed by atoms with Crippen LogP contribution < -0.4 is 4.74 Å². The van der Waals surface area contributed by atoms with E-state index in [2.05, 4.69) is 0 Å². The molecule has 4 nitrogen and oxygen atoms in total. The van der Waals surface area contributed by atoms with Crippen molar-refractivity contribution >= 4 is 0 Å². The van der Waals surface area contributed by atoms with E-state index in [1.54, 1.807) is 7.11 Å². The minimum absolute atomic E-state index is 0.142. The Balaban J connectivity index is 1.83. The Morgan fingerprint density at radius 2 is 2.06 bits per heavy atom. The second kappa shape index (κ2) is 6.73. The number of unbranched alkanes of at least 4 members (excludes halogenated alkanes) is 1. The van der Waals surface area contributed by atoms with E-state index in [-0.39, 0.29) is 19.0 Å². The van der Waals surface area contributed by atoms with E-state index in [4.69, 9.17) is 19.3 Å². The van der Waals surface area contributed by atoms with Crippen LogP contribution in [0.1, 0.15) is 31.1 Å². The van der Waals surface area contributed by atoms with Crippen LogP contribution >= 0.6 is 0 Å². The third kappa shape index (κ3) is 3.45. The van der Waals surface area contributed by atoms with Crippen LogP contribution in [-0.2, 0) is 9.47 Å². The number of methoxy groups -OCH3 is 1. The fraction of sp³-hybridized carbons (Fsp3) is 0.571. The van der Waals surface area contributed by atoms with Crippen molar-refractivity contribution in [1.82, 2.24) is 0 Å². The predicted molar refractivity (Wildman–Crippen MR) is 67.5 cm³/mol. The van der Waals surface area contributed by atoms with Gasteiger partial charge < -0.3 is 19.3 Å². The molecular weight excluding hydrogens is 232 g/mol. The summed E-state index contributed by atoms with van der Waals surface area (Å²) in [5.41, 5.74) is 1.01. The van der Waals surface area contributed by atoms with Crippen molar-refractivity contribution in [2.24, 2.45) is 0 Å². The number of hydrogen-bond acceptors (Lipinski definition) is 4. The van der Waals surface area contributed by atoms with Crippen LogP contribution in [0.2, 0.25) is 0 Å². The largest absolute Gasteiger partial charge is 0.497 e. The predicted octanol–water partition coefficient (Wildman–Crippen LogP) is 2.27. The minimum Gasteiger partial charge on any atom is -0.497 e. The molecule has 1 aliphatic rings. The molecule has 2 rings (SSSR count). The summed E-state index contributed by atoms with van der Waals surface area (Å²) in [6.07, 6.45) is 2.61. The molecule has 1 fully saturated rings. The Kier molecular flexibility index (Phi) is 4.99. The van der Waals surface area contributed by atoms with Crippen LogP contribution in [0.4, 0.5) is 0 Å². The van der Waals surface area contributed by atoms with Crippen molar-refractivity contribution in [2.75, 3.05) is 20.3 Å². The first-order chi connectivity index (χ1) is 8.83. The van der Waals surface area contributed by atoms with Gasteiger partial charge in [-0.25, -0.2) is 0 Å². The molecule has 0 spiro atoms. The van der Waals surface area contributed by atoms with Gasteiger partial charge in [-0.3, -0.25) is 0 Å². The number of rotatable bonds is 6. The van der Waals surface area contributed by atoms with Gasteiger partial charge in [0.15, 0.2) is 6.29 Å². The fourth-order valence-electron chi connectivity index (χ4n) is 2.02. The molecule has 0 aliphatic carbocycles. The first-order valence-corrected chi connectivity index (χ1v) is 6.35. The zero-order chi connectivity index (χ0) is 12.8. The lowest BCUT2D eigenvalue weighted by molar-refractivity contribution is -0.0614. The molecule has 0 amide bonds.